The van der Waals surface area contributed by atoms with Gasteiger partial charge in [-0.2, -0.15) is 0 Å². The quantitative estimate of drug-likeness (QED) is 0.749. The van der Waals surface area contributed by atoms with Crippen LogP contribution < -0.4 is 0 Å². The smallest absolute Gasteiger partial charge is 0.354 e. The van der Waals surface area contributed by atoms with Crippen molar-refractivity contribution in [3.05, 3.63) is 28.5 Å². The van der Waals surface area contributed by atoms with Crippen molar-refractivity contribution >= 4 is 23.5 Å². The molecule has 2 N–H and O–H groups in total. The molecule has 68 valence electrons. The van der Waals surface area contributed by atoms with Crippen LogP contribution in [0.4, 0.5) is 0 Å². The summed E-state index contributed by atoms with van der Waals surface area (Å²) in [7, 11) is 0. The van der Waals surface area contributed by atoms with Crippen molar-refractivity contribution in [2.24, 2.45) is 0 Å². The number of rotatable bonds is 2. The van der Waals surface area contributed by atoms with Crippen molar-refractivity contribution < 1.29 is 19.8 Å². The van der Waals surface area contributed by atoms with E-state index in [9.17, 15) is 9.59 Å². The van der Waals surface area contributed by atoms with Crippen LogP contribution in [-0.4, -0.2) is 27.1 Å². The van der Waals surface area contributed by atoms with Gasteiger partial charge >= 0.3 is 11.9 Å². The first-order chi connectivity index (χ1) is 6.00. The lowest BCUT2D eigenvalue weighted by atomic mass is 10.3. The van der Waals surface area contributed by atoms with Gasteiger partial charge in [-0.25, -0.2) is 14.6 Å². The summed E-state index contributed by atoms with van der Waals surface area (Å²) in [5.41, 5.74) is -0.769. The molecule has 1 aromatic rings. The number of aromatic nitrogens is 1. The summed E-state index contributed by atoms with van der Waals surface area (Å²) in [6, 6.07) is 2.16. The van der Waals surface area contributed by atoms with Crippen molar-refractivity contribution in [3.8, 4) is 0 Å². The molecular weight excluding hydrogens is 198 g/mol. The Bertz CT molecular complexity index is 345. The highest BCUT2D eigenvalue weighted by atomic mass is 35.5. The fourth-order valence-electron chi connectivity index (χ4n) is 0.716. The second-order valence-electron chi connectivity index (χ2n) is 2.17. The van der Waals surface area contributed by atoms with Crippen molar-refractivity contribution in [2.75, 3.05) is 0 Å². The zero-order valence-corrected chi connectivity index (χ0v) is 6.95. The van der Waals surface area contributed by atoms with Gasteiger partial charge in [-0.1, -0.05) is 11.6 Å². The fourth-order valence-corrected chi connectivity index (χ4v) is 0.923. The van der Waals surface area contributed by atoms with Gasteiger partial charge in [-0.3, -0.25) is 0 Å². The number of hydrogen-bond donors (Lipinski definition) is 2. The highest BCUT2D eigenvalue weighted by Crippen LogP contribution is 2.11. The van der Waals surface area contributed by atoms with Crippen molar-refractivity contribution in [1.82, 2.24) is 4.98 Å². The first-order valence-electron chi connectivity index (χ1n) is 3.15. The third-order valence-corrected chi connectivity index (χ3v) is 1.45. The van der Waals surface area contributed by atoms with Gasteiger partial charge in [0.25, 0.3) is 0 Å². The summed E-state index contributed by atoms with van der Waals surface area (Å²) in [4.78, 5) is 24.2. The average molecular weight is 202 g/mol. The molecule has 1 rings (SSSR count). The maximum atomic E-state index is 10.4. The topological polar surface area (TPSA) is 87.5 Å². The monoisotopic (exact) mass is 201 g/mol. The molecule has 0 spiro atoms. The molecule has 1 aromatic heterocycles. The highest BCUT2D eigenvalue weighted by molar-refractivity contribution is 6.31. The lowest BCUT2D eigenvalue weighted by Gasteiger charge is -1.97. The van der Waals surface area contributed by atoms with Gasteiger partial charge in [0, 0.05) is 5.02 Å². The van der Waals surface area contributed by atoms with E-state index in [0.29, 0.717) is 0 Å². The first kappa shape index (κ1) is 9.47. The van der Waals surface area contributed by atoms with E-state index < -0.39 is 11.9 Å². The summed E-state index contributed by atoms with van der Waals surface area (Å²) >= 11 is 5.47. The standard InChI is InChI=1S/C7H4ClNO4/c8-3-1-4(6(10)11)9-5(2-3)7(12)13/h1-2H,(H,10,11)(H,12,13). The van der Waals surface area contributed by atoms with Crippen LogP contribution in [0.1, 0.15) is 21.0 Å². The molecule has 6 heteroatoms. The Labute approximate surface area is 77.6 Å². The molecule has 1 heterocycles. The Morgan fingerprint density at radius 2 is 1.54 bits per heavy atom. The Balaban J connectivity index is 3.26. The average Bonchev–Trinajstić information content (AvgIpc) is 2.03. The van der Waals surface area contributed by atoms with Crippen molar-refractivity contribution in [1.29, 1.82) is 0 Å². The van der Waals surface area contributed by atoms with Gasteiger partial charge < -0.3 is 10.2 Å². The maximum absolute atomic E-state index is 10.4. The Morgan fingerprint density at radius 1 is 1.15 bits per heavy atom. The molecule has 0 saturated carbocycles. The molecule has 5 nitrogen and oxygen atoms in total. The summed E-state index contributed by atoms with van der Waals surface area (Å²) in [5, 5.41) is 17.0. The van der Waals surface area contributed by atoms with Crippen LogP contribution in [0, 0.1) is 0 Å². The lowest BCUT2D eigenvalue weighted by molar-refractivity contribution is 0.0685. The van der Waals surface area contributed by atoms with Crippen molar-refractivity contribution in [3.63, 3.8) is 0 Å². The number of halogens is 1. The predicted octanol–water partition coefficient (Wildman–Crippen LogP) is 1.13. The maximum Gasteiger partial charge on any atom is 0.354 e. The highest BCUT2D eigenvalue weighted by Gasteiger charge is 2.11. The third kappa shape index (κ3) is 2.16. The molecule has 0 atom stereocenters. The van der Waals surface area contributed by atoms with E-state index in [4.69, 9.17) is 21.8 Å². The van der Waals surface area contributed by atoms with Crippen LogP contribution in [-0.2, 0) is 0 Å². The zero-order chi connectivity index (χ0) is 10.0. The SMILES string of the molecule is O=C(O)c1cc(Cl)cc(C(=O)O)n1. The summed E-state index contributed by atoms with van der Waals surface area (Å²) in [6.45, 7) is 0. The minimum atomic E-state index is -1.31. The predicted molar refractivity (Wildman–Crippen MR) is 43.2 cm³/mol. The molecule has 0 unspecified atom stereocenters. The number of pyridine rings is 1. The van der Waals surface area contributed by atoms with E-state index in [2.05, 4.69) is 4.98 Å². The molecule has 0 fully saturated rings. The van der Waals surface area contributed by atoms with E-state index in [-0.39, 0.29) is 16.4 Å². The first-order valence-corrected chi connectivity index (χ1v) is 3.52. The van der Waals surface area contributed by atoms with E-state index in [1.165, 1.54) is 0 Å². The second-order valence-corrected chi connectivity index (χ2v) is 2.60. The Hall–Kier alpha value is -1.62. The number of carboxylic acids is 2. The van der Waals surface area contributed by atoms with E-state index in [1.54, 1.807) is 0 Å². The summed E-state index contributed by atoms with van der Waals surface area (Å²) < 4.78 is 0. The lowest BCUT2D eigenvalue weighted by Crippen LogP contribution is -2.07. The van der Waals surface area contributed by atoms with Crippen LogP contribution in [0.3, 0.4) is 0 Å². The van der Waals surface area contributed by atoms with Gasteiger partial charge in [0.05, 0.1) is 0 Å². The number of hydrogen-bond acceptors (Lipinski definition) is 3. The molecule has 0 radical (unpaired) electrons. The van der Waals surface area contributed by atoms with E-state index in [0.717, 1.165) is 12.1 Å². The van der Waals surface area contributed by atoms with Crippen LogP contribution in [0.5, 0.6) is 0 Å². The van der Waals surface area contributed by atoms with Gasteiger partial charge in [0.15, 0.2) is 11.4 Å². The molecule has 0 saturated heterocycles. The largest absolute Gasteiger partial charge is 0.477 e. The Morgan fingerprint density at radius 3 is 1.85 bits per heavy atom. The molecule has 0 aromatic carbocycles. The van der Waals surface area contributed by atoms with E-state index >= 15 is 0 Å². The Kier molecular flexibility index (Phi) is 2.48. The van der Waals surface area contributed by atoms with Crippen molar-refractivity contribution in [2.45, 2.75) is 0 Å². The number of aromatic carboxylic acids is 2. The van der Waals surface area contributed by atoms with Crippen LogP contribution in [0.25, 0.3) is 0 Å². The van der Waals surface area contributed by atoms with Gasteiger partial charge in [-0.15, -0.1) is 0 Å². The minimum absolute atomic E-state index is 0.0322. The molecule has 13 heavy (non-hydrogen) atoms. The number of nitrogens with zero attached hydrogens (tertiary/aromatic N) is 1. The summed E-state index contributed by atoms with van der Waals surface area (Å²) in [5.74, 6) is -2.63. The molecule has 0 aliphatic rings. The molecular formula is C7H4ClNO4. The molecule has 0 aliphatic carbocycles. The zero-order valence-electron chi connectivity index (χ0n) is 6.19. The van der Waals surface area contributed by atoms with E-state index in [1.807, 2.05) is 0 Å². The third-order valence-electron chi connectivity index (χ3n) is 1.23. The van der Waals surface area contributed by atoms with Gasteiger partial charge in [0.1, 0.15) is 0 Å². The fraction of sp³-hybridized carbons (Fsp3) is 0. The second kappa shape index (κ2) is 3.40. The molecule has 0 aliphatic heterocycles. The summed E-state index contributed by atoms with van der Waals surface area (Å²) in [6.07, 6.45) is 0. The molecule has 0 bridgehead atoms. The van der Waals surface area contributed by atoms with Crippen LogP contribution in [0.15, 0.2) is 12.1 Å². The van der Waals surface area contributed by atoms with Gasteiger partial charge in [0.2, 0.25) is 0 Å². The number of carbonyl (C=O) groups is 2. The van der Waals surface area contributed by atoms with Gasteiger partial charge in [-0.05, 0) is 12.1 Å². The van der Waals surface area contributed by atoms with Crippen LogP contribution >= 0.6 is 11.6 Å². The number of carboxylic acid groups (broad SMARTS) is 2. The normalized spacial score (nSPS) is 9.62. The minimum Gasteiger partial charge on any atom is -0.477 e. The van der Waals surface area contributed by atoms with Crippen LogP contribution in [0.2, 0.25) is 5.02 Å². The molecule has 0 amide bonds.